The highest BCUT2D eigenvalue weighted by Gasteiger charge is 2.45. The van der Waals surface area contributed by atoms with Gasteiger partial charge in [-0.2, -0.15) is 13.2 Å². The fraction of sp³-hybridized carbons (Fsp3) is 0.833. The van der Waals surface area contributed by atoms with E-state index >= 15 is 0 Å². The third-order valence-electron chi connectivity index (χ3n) is 3.33. The fourth-order valence-corrected chi connectivity index (χ4v) is 2.37. The van der Waals surface area contributed by atoms with E-state index in [9.17, 15) is 22.8 Å². The zero-order chi connectivity index (χ0) is 14.5. The van der Waals surface area contributed by atoms with Gasteiger partial charge in [0.25, 0.3) is 0 Å². The van der Waals surface area contributed by atoms with Crippen LogP contribution in [0.5, 0.6) is 0 Å². The molecule has 19 heavy (non-hydrogen) atoms. The molecular formula is C12H18F3NO3. The van der Waals surface area contributed by atoms with Gasteiger partial charge in [0.1, 0.15) is 0 Å². The first-order valence-corrected chi connectivity index (χ1v) is 6.38. The normalized spacial score (nSPS) is 23.9. The Bertz CT molecular complexity index is 331. The van der Waals surface area contributed by atoms with Gasteiger partial charge in [-0.25, -0.2) is 0 Å². The van der Waals surface area contributed by atoms with Gasteiger partial charge in [-0.05, 0) is 19.3 Å². The van der Waals surface area contributed by atoms with Crippen molar-refractivity contribution in [2.45, 2.75) is 57.2 Å². The molecule has 1 fully saturated rings. The van der Waals surface area contributed by atoms with Crippen molar-refractivity contribution in [1.82, 2.24) is 5.32 Å². The quantitative estimate of drug-likeness (QED) is 0.813. The van der Waals surface area contributed by atoms with Gasteiger partial charge in [-0.1, -0.05) is 12.8 Å². The SMILES string of the molecule is O=C(O)CCCC(=O)NC1CCCCC1C(F)(F)F. The van der Waals surface area contributed by atoms with Gasteiger partial charge in [0.2, 0.25) is 5.91 Å². The van der Waals surface area contributed by atoms with E-state index < -0.39 is 30.0 Å². The number of carbonyl (C=O) groups excluding carboxylic acids is 1. The van der Waals surface area contributed by atoms with Gasteiger partial charge in [0, 0.05) is 18.9 Å². The molecule has 0 aromatic rings. The summed E-state index contributed by atoms with van der Waals surface area (Å²) in [5.41, 5.74) is 0. The molecule has 1 aliphatic carbocycles. The number of amides is 1. The number of carboxylic acids is 1. The van der Waals surface area contributed by atoms with Crippen molar-refractivity contribution in [3.63, 3.8) is 0 Å². The van der Waals surface area contributed by atoms with E-state index in [0.717, 1.165) is 0 Å². The molecule has 110 valence electrons. The Kier molecular flexibility index (Phi) is 5.62. The molecular weight excluding hydrogens is 263 g/mol. The Hall–Kier alpha value is -1.27. The first-order valence-electron chi connectivity index (χ1n) is 6.38. The number of alkyl halides is 3. The van der Waals surface area contributed by atoms with Crippen LogP contribution in [0, 0.1) is 5.92 Å². The van der Waals surface area contributed by atoms with Crippen LogP contribution in [-0.4, -0.2) is 29.2 Å². The van der Waals surface area contributed by atoms with Crippen LogP contribution in [0.15, 0.2) is 0 Å². The maximum Gasteiger partial charge on any atom is 0.393 e. The van der Waals surface area contributed by atoms with Crippen LogP contribution in [0.3, 0.4) is 0 Å². The van der Waals surface area contributed by atoms with E-state index in [2.05, 4.69) is 5.32 Å². The molecule has 0 aromatic heterocycles. The van der Waals surface area contributed by atoms with Crippen molar-refractivity contribution < 1.29 is 27.9 Å². The third kappa shape index (κ3) is 5.48. The van der Waals surface area contributed by atoms with Gasteiger partial charge in [-0.15, -0.1) is 0 Å². The molecule has 0 spiro atoms. The highest BCUT2D eigenvalue weighted by atomic mass is 19.4. The molecule has 0 radical (unpaired) electrons. The molecule has 1 rings (SSSR count). The van der Waals surface area contributed by atoms with Crippen LogP contribution in [-0.2, 0) is 9.59 Å². The summed E-state index contributed by atoms with van der Waals surface area (Å²) in [6, 6.07) is -0.869. The van der Waals surface area contributed by atoms with E-state index in [1.807, 2.05) is 0 Å². The number of carboxylic acid groups (broad SMARTS) is 1. The lowest BCUT2D eigenvalue weighted by Gasteiger charge is -2.33. The lowest BCUT2D eigenvalue weighted by atomic mass is 9.84. The second-order valence-corrected chi connectivity index (χ2v) is 4.85. The maximum atomic E-state index is 12.8. The lowest BCUT2D eigenvalue weighted by molar-refractivity contribution is -0.189. The smallest absolute Gasteiger partial charge is 0.393 e. The Labute approximate surface area is 109 Å². The van der Waals surface area contributed by atoms with Gasteiger partial charge < -0.3 is 10.4 Å². The first kappa shape index (κ1) is 15.8. The molecule has 2 N–H and O–H groups in total. The summed E-state index contributed by atoms with van der Waals surface area (Å²) in [7, 11) is 0. The zero-order valence-electron chi connectivity index (χ0n) is 10.5. The van der Waals surface area contributed by atoms with E-state index in [-0.39, 0.29) is 25.7 Å². The molecule has 2 atom stereocenters. The predicted molar refractivity (Wildman–Crippen MR) is 61.4 cm³/mol. The molecule has 0 heterocycles. The fourth-order valence-electron chi connectivity index (χ4n) is 2.37. The number of hydrogen-bond donors (Lipinski definition) is 2. The van der Waals surface area contributed by atoms with E-state index in [0.29, 0.717) is 19.3 Å². The molecule has 1 aliphatic rings. The van der Waals surface area contributed by atoms with Crippen molar-refractivity contribution in [3.05, 3.63) is 0 Å². The molecule has 4 nitrogen and oxygen atoms in total. The Morgan fingerprint density at radius 2 is 1.79 bits per heavy atom. The van der Waals surface area contributed by atoms with Crippen molar-refractivity contribution in [1.29, 1.82) is 0 Å². The van der Waals surface area contributed by atoms with Crippen molar-refractivity contribution in [3.8, 4) is 0 Å². The van der Waals surface area contributed by atoms with Crippen molar-refractivity contribution in [2.75, 3.05) is 0 Å². The summed E-state index contributed by atoms with van der Waals surface area (Å²) < 4.78 is 38.3. The predicted octanol–water partition coefficient (Wildman–Crippen LogP) is 2.48. The summed E-state index contributed by atoms with van der Waals surface area (Å²) in [6.45, 7) is 0. The van der Waals surface area contributed by atoms with Gasteiger partial charge in [0.05, 0.1) is 5.92 Å². The monoisotopic (exact) mass is 281 g/mol. The number of nitrogens with one attached hydrogen (secondary N) is 1. The van der Waals surface area contributed by atoms with Crippen LogP contribution < -0.4 is 5.32 Å². The molecule has 0 saturated heterocycles. The summed E-state index contributed by atoms with van der Waals surface area (Å²) in [4.78, 5) is 21.8. The number of aliphatic carboxylic acids is 1. The highest BCUT2D eigenvalue weighted by molar-refractivity contribution is 5.77. The minimum Gasteiger partial charge on any atom is -0.481 e. The van der Waals surface area contributed by atoms with E-state index in [1.165, 1.54) is 0 Å². The summed E-state index contributed by atoms with van der Waals surface area (Å²) >= 11 is 0. The minimum absolute atomic E-state index is 0.0452. The Morgan fingerprint density at radius 1 is 1.16 bits per heavy atom. The topological polar surface area (TPSA) is 66.4 Å². The molecule has 7 heteroatoms. The minimum atomic E-state index is -4.29. The summed E-state index contributed by atoms with van der Waals surface area (Å²) in [5.74, 6) is -2.99. The number of hydrogen-bond acceptors (Lipinski definition) is 2. The van der Waals surface area contributed by atoms with Crippen LogP contribution in [0.2, 0.25) is 0 Å². The van der Waals surface area contributed by atoms with Crippen LogP contribution in [0.25, 0.3) is 0 Å². The van der Waals surface area contributed by atoms with Gasteiger partial charge in [-0.3, -0.25) is 9.59 Å². The second-order valence-electron chi connectivity index (χ2n) is 4.85. The molecule has 1 amide bonds. The number of rotatable bonds is 5. The molecule has 0 bridgehead atoms. The van der Waals surface area contributed by atoms with E-state index in [1.54, 1.807) is 0 Å². The summed E-state index contributed by atoms with van der Waals surface area (Å²) in [5, 5.41) is 10.8. The average molecular weight is 281 g/mol. The van der Waals surface area contributed by atoms with Crippen molar-refractivity contribution >= 4 is 11.9 Å². The standard InChI is InChI=1S/C12H18F3NO3/c13-12(14,15)8-4-1-2-5-9(8)16-10(17)6-3-7-11(18)19/h8-9H,1-7H2,(H,16,17)(H,18,19). The van der Waals surface area contributed by atoms with Crippen LogP contribution >= 0.6 is 0 Å². The van der Waals surface area contributed by atoms with Crippen molar-refractivity contribution in [2.24, 2.45) is 5.92 Å². The maximum absolute atomic E-state index is 12.8. The zero-order valence-corrected chi connectivity index (χ0v) is 10.5. The van der Waals surface area contributed by atoms with Crippen LogP contribution in [0.1, 0.15) is 44.9 Å². The second kappa shape index (κ2) is 6.77. The largest absolute Gasteiger partial charge is 0.481 e. The van der Waals surface area contributed by atoms with Gasteiger partial charge >= 0.3 is 12.1 Å². The molecule has 2 unspecified atom stereocenters. The summed E-state index contributed by atoms with van der Waals surface area (Å²) in [6.07, 6.45) is -2.78. The lowest BCUT2D eigenvalue weighted by Crippen LogP contribution is -2.47. The molecule has 1 saturated carbocycles. The number of carbonyl (C=O) groups is 2. The Balaban J connectivity index is 2.44. The highest BCUT2D eigenvalue weighted by Crippen LogP contribution is 2.37. The Morgan fingerprint density at radius 3 is 2.37 bits per heavy atom. The first-order chi connectivity index (χ1) is 8.80. The number of halogens is 3. The molecule has 0 aliphatic heterocycles. The molecule has 0 aromatic carbocycles. The van der Waals surface area contributed by atoms with Crippen LogP contribution in [0.4, 0.5) is 13.2 Å². The van der Waals surface area contributed by atoms with E-state index in [4.69, 9.17) is 5.11 Å². The third-order valence-corrected chi connectivity index (χ3v) is 3.33. The van der Waals surface area contributed by atoms with Gasteiger partial charge in [0.15, 0.2) is 0 Å². The average Bonchev–Trinajstić information content (AvgIpc) is 2.27.